The lowest BCUT2D eigenvalue weighted by Gasteiger charge is -2.10. The van der Waals surface area contributed by atoms with Crippen LogP contribution in [0.25, 0.3) is 11.3 Å². The first kappa shape index (κ1) is 19.3. The number of benzene rings is 3. The highest BCUT2D eigenvalue weighted by Crippen LogP contribution is 2.19. The highest BCUT2D eigenvalue weighted by molar-refractivity contribution is 5.95. The Balaban J connectivity index is 1.42. The fourth-order valence-corrected chi connectivity index (χ4v) is 3.13. The van der Waals surface area contributed by atoms with Crippen molar-refractivity contribution in [1.82, 2.24) is 15.5 Å². The van der Waals surface area contributed by atoms with E-state index in [0.29, 0.717) is 17.9 Å². The summed E-state index contributed by atoms with van der Waals surface area (Å²) in [7, 11) is 0. The average Bonchev–Trinajstić information content (AvgIpc) is 2.80. The van der Waals surface area contributed by atoms with Crippen LogP contribution in [0.2, 0.25) is 0 Å². The number of amides is 1. The van der Waals surface area contributed by atoms with Gasteiger partial charge in [-0.05, 0) is 48.4 Å². The Hall–Kier alpha value is -3.99. The van der Waals surface area contributed by atoms with Crippen molar-refractivity contribution in [2.75, 3.05) is 5.32 Å². The monoisotopic (exact) mass is 394 g/mol. The van der Waals surface area contributed by atoms with Gasteiger partial charge in [0.05, 0.1) is 5.69 Å². The molecule has 4 rings (SSSR count). The predicted molar refractivity (Wildman–Crippen MR) is 120 cm³/mol. The van der Waals surface area contributed by atoms with Crippen molar-refractivity contribution in [2.45, 2.75) is 13.5 Å². The molecule has 1 amide bonds. The largest absolute Gasteiger partial charge is 0.348 e. The molecule has 30 heavy (non-hydrogen) atoms. The third kappa shape index (κ3) is 4.70. The smallest absolute Gasteiger partial charge is 0.251 e. The predicted octanol–water partition coefficient (Wildman–Crippen LogP) is 5.13. The molecule has 0 saturated heterocycles. The van der Waals surface area contributed by atoms with E-state index in [1.54, 1.807) is 12.1 Å². The number of carbonyl (C=O) groups is 1. The lowest BCUT2D eigenvalue weighted by Crippen LogP contribution is -2.23. The highest BCUT2D eigenvalue weighted by Gasteiger charge is 2.08. The summed E-state index contributed by atoms with van der Waals surface area (Å²) in [6.07, 6.45) is 0. The fraction of sp³-hybridized carbons (Fsp3) is 0.0800. The van der Waals surface area contributed by atoms with Crippen LogP contribution in [0.4, 0.5) is 11.5 Å². The molecule has 5 heteroatoms. The number of nitrogens with one attached hydrogen (secondary N) is 2. The minimum Gasteiger partial charge on any atom is -0.348 e. The zero-order valence-electron chi connectivity index (χ0n) is 16.7. The lowest BCUT2D eigenvalue weighted by atomic mass is 10.1. The summed E-state index contributed by atoms with van der Waals surface area (Å²) < 4.78 is 0. The first-order valence-electron chi connectivity index (χ1n) is 9.78. The summed E-state index contributed by atoms with van der Waals surface area (Å²) in [5, 5.41) is 14.7. The molecule has 1 heterocycles. The highest BCUT2D eigenvalue weighted by atomic mass is 16.1. The number of hydrogen-bond acceptors (Lipinski definition) is 4. The van der Waals surface area contributed by atoms with E-state index in [9.17, 15) is 4.79 Å². The van der Waals surface area contributed by atoms with Crippen LogP contribution in [0, 0.1) is 6.92 Å². The van der Waals surface area contributed by atoms with Gasteiger partial charge in [0.25, 0.3) is 5.91 Å². The zero-order valence-corrected chi connectivity index (χ0v) is 16.7. The van der Waals surface area contributed by atoms with Gasteiger partial charge in [0.1, 0.15) is 0 Å². The summed E-state index contributed by atoms with van der Waals surface area (Å²) in [5.41, 5.74) is 5.46. The molecule has 0 fully saturated rings. The number of hydrogen-bond donors (Lipinski definition) is 2. The third-order valence-electron chi connectivity index (χ3n) is 4.83. The molecule has 0 aliphatic heterocycles. The van der Waals surface area contributed by atoms with E-state index in [1.165, 1.54) is 0 Å². The van der Waals surface area contributed by atoms with E-state index in [0.717, 1.165) is 28.1 Å². The molecule has 3 aromatic carbocycles. The van der Waals surface area contributed by atoms with E-state index in [-0.39, 0.29) is 5.91 Å². The molecule has 0 bridgehead atoms. The van der Waals surface area contributed by atoms with Crippen LogP contribution >= 0.6 is 0 Å². The Morgan fingerprint density at radius 3 is 2.40 bits per heavy atom. The Labute approximate surface area is 175 Å². The van der Waals surface area contributed by atoms with Gasteiger partial charge in [-0.2, -0.15) is 0 Å². The molecule has 5 nitrogen and oxygen atoms in total. The second-order valence-corrected chi connectivity index (χ2v) is 6.98. The lowest BCUT2D eigenvalue weighted by molar-refractivity contribution is 0.0951. The van der Waals surface area contributed by atoms with Gasteiger partial charge in [-0.15, -0.1) is 10.2 Å². The van der Waals surface area contributed by atoms with Gasteiger partial charge in [0, 0.05) is 23.4 Å². The molecule has 0 radical (unpaired) electrons. The Bertz CT molecular complexity index is 1140. The molecule has 0 aliphatic carbocycles. The van der Waals surface area contributed by atoms with E-state index >= 15 is 0 Å². The molecule has 1 aromatic heterocycles. The summed E-state index contributed by atoms with van der Waals surface area (Å²) in [6.45, 7) is 2.53. The summed E-state index contributed by atoms with van der Waals surface area (Å²) in [5.74, 6) is 0.500. The van der Waals surface area contributed by atoms with Crippen LogP contribution in [0.3, 0.4) is 0 Å². The summed E-state index contributed by atoms with van der Waals surface area (Å²) >= 11 is 0. The summed E-state index contributed by atoms with van der Waals surface area (Å²) in [4.78, 5) is 12.6. The van der Waals surface area contributed by atoms with Gasteiger partial charge >= 0.3 is 0 Å². The molecule has 148 valence electrons. The maximum absolute atomic E-state index is 12.6. The molecule has 0 aliphatic rings. The number of rotatable bonds is 6. The second kappa shape index (κ2) is 9.01. The van der Waals surface area contributed by atoms with Crippen molar-refractivity contribution in [2.24, 2.45) is 0 Å². The first-order valence-corrected chi connectivity index (χ1v) is 9.78. The average molecular weight is 394 g/mol. The van der Waals surface area contributed by atoms with Crippen LogP contribution in [0.1, 0.15) is 21.5 Å². The van der Waals surface area contributed by atoms with Gasteiger partial charge in [0.2, 0.25) is 0 Å². The van der Waals surface area contributed by atoms with Crippen molar-refractivity contribution in [3.63, 3.8) is 0 Å². The zero-order chi connectivity index (χ0) is 20.8. The minimum absolute atomic E-state index is 0.118. The Morgan fingerprint density at radius 1 is 0.833 bits per heavy atom. The van der Waals surface area contributed by atoms with Gasteiger partial charge in [-0.3, -0.25) is 4.79 Å². The first-order chi connectivity index (χ1) is 14.7. The van der Waals surface area contributed by atoms with Crippen LogP contribution in [0.15, 0.2) is 91.0 Å². The molecule has 0 saturated carbocycles. The third-order valence-corrected chi connectivity index (χ3v) is 4.83. The number of aromatic nitrogens is 2. The van der Waals surface area contributed by atoms with Gasteiger partial charge in [0.15, 0.2) is 5.82 Å². The molecule has 0 unspecified atom stereocenters. The quantitative estimate of drug-likeness (QED) is 0.476. The van der Waals surface area contributed by atoms with E-state index in [2.05, 4.69) is 20.8 Å². The van der Waals surface area contributed by atoms with E-state index in [4.69, 9.17) is 0 Å². The second-order valence-electron chi connectivity index (χ2n) is 6.98. The van der Waals surface area contributed by atoms with Gasteiger partial charge < -0.3 is 10.6 Å². The van der Waals surface area contributed by atoms with Crippen LogP contribution < -0.4 is 10.6 Å². The molecular formula is C25H22N4O. The SMILES string of the molecule is Cc1ccccc1CNC(=O)c1cccc(Nc2ccc(-c3ccccc3)nn2)c1. The van der Waals surface area contributed by atoms with Crippen molar-refractivity contribution in [1.29, 1.82) is 0 Å². The van der Waals surface area contributed by atoms with Gasteiger partial charge in [-0.1, -0.05) is 60.7 Å². The van der Waals surface area contributed by atoms with Gasteiger partial charge in [-0.25, -0.2) is 0 Å². The van der Waals surface area contributed by atoms with Crippen LogP contribution in [0.5, 0.6) is 0 Å². The summed E-state index contributed by atoms with van der Waals surface area (Å²) in [6, 6.07) is 29.1. The number of nitrogens with zero attached hydrogens (tertiary/aromatic N) is 2. The normalized spacial score (nSPS) is 10.4. The molecule has 2 N–H and O–H groups in total. The fourth-order valence-electron chi connectivity index (χ4n) is 3.13. The number of aryl methyl sites for hydroxylation is 1. The van der Waals surface area contributed by atoms with Crippen molar-refractivity contribution in [3.05, 3.63) is 108 Å². The van der Waals surface area contributed by atoms with E-state index < -0.39 is 0 Å². The van der Waals surface area contributed by atoms with Crippen molar-refractivity contribution >= 4 is 17.4 Å². The molecule has 0 atom stereocenters. The maximum atomic E-state index is 12.6. The Morgan fingerprint density at radius 2 is 1.63 bits per heavy atom. The van der Waals surface area contributed by atoms with Crippen molar-refractivity contribution < 1.29 is 4.79 Å². The maximum Gasteiger partial charge on any atom is 0.251 e. The molecule has 0 spiro atoms. The number of carbonyl (C=O) groups excluding carboxylic acids is 1. The standard InChI is InChI=1S/C25H22N4O/c1-18-8-5-6-11-21(18)17-26-25(30)20-12-7-13-22(16-20)27-24-15-14-23(28-29-24)19-9-3-2-4-10-19/h2-16H,17H2,1H3,(H,26,30)(H,27,29). The van der Waals surface area contributed by atoms with Crippen molar-refractivity contribution in [3.8, 4) is 11.3 Å². The molecular weight excluding hydrogens is 372 g/mol. The molecule has 4 aromatic rings. The minimum atomic E-state index is -0.118. The topological polar surface area (TPSA) is 66.9 Å². The number of anilines is 2. The Kier molecular flexibility index (Phi) is 5.80. The van der Waals surface area contributed by atoms with Crippen LogP contribution in [-0.4, -0.2) is 16.1 Å². The van der Waals surface area contributed by atoms with E-state index in [1.807, 2.05) is 85.8 Å². The van der Waals surface area contributed by atoms with Crippen LogP contribution in [-0.2, 0) is 6.54 Å².